The second kappa shape index (κ2) is 4.13. The van der Waals surface area contributed by atoms with E-state index in [1.165, 1.54) is 0 Å². The summed E-state index contributed by atoms with van der Waals surface area (Å²) in [7, 11) is 1.60. The molecule has 0 saturated carbocycles. The minimum absolute atomic E-state index is 0.141. The Morgan fingerprint density at radius 2 is 2.33 bits per heavy atom. The third-order valence-electron chi connectivity index (χ3n) is 3.16. The highest BCUT2D eigenvalue weighted by atomic mass is 16.5. The number of hydrogen-bond acceptors (Lipinski definition) is 5. The van der Waals surface area contributed by atoms with Crippen LogP contribution in [0.3, 0.4) is 0 Å². The quantitative estimate of drug-likeness (QED) is 0.791. The number of Topliss-reactive ketones (excluding diaryl/α,β-unsaturated/α-hetero) is 1. The summed E-state index contributed by atoms with van der Waals surface area (Å²) in [5.41, 5.74) is 1.59. The van der Waals surface area contributed by atoms with Crippen molar-refractivity contribution in [2.75, 3.05) is 7.11 Å². The smallest absolute Gasteiger partial charge is 0.252 e. The van der Waals surface area contributed by atoms with Crippen LogP contribution in [0.4, 0.5) is 0 Å². The van der Waals surface area contributed by atoms with E-state index in [9.17, 15) is 4.79 Å². The molecule has 0 aromatic carbocycles. The predicted octanol–water partition coefficient (Wildman–Crippen LogP) is 1.04. The standard InChI is InChI=1S/C12H14N4O2/c1-7-3-9-8(10(17)4-7)5-13-12-14-11(6-18-2)15-16(9)12/h5,7H,3-4,6H2,1-2H3. The van der Waals surface area contributed by atoms with Crippen molar-refractivity contribution in [3.63, 3.8) is 0 Å². The van der Waals surface area contributed by atoms with Crippen molar-refractivity contribution in [2.24, 2.45) is 5.92 Å². The maximum atomic E-state index is 11.9. The maximum Gasteiger partial charge on any atom is 0.252 e. The monoisotopic (exact) mass is 246 g/mol. The highest BCUT2D eigenvalue weighted by Gasteiger charge is 2.26. The Morgan fingerprint density at radius 3 is 3.11 bits per heavy atom. The van der Waals surface area contributed by atoms with Gasteiger partial charge in [0.25, 0.3) is 5.78 Å². The fraction of sp³-hybridized carbons (Fsp3) is 0.500. The van der Waals surface area contributed by atoms with Crippen LogP contribution in [0, 0.1) is 5.92 Å². The molecule has 0 amide bonds. The first-order valence-electron chi connectivity index (χ1n) is 5.94. The molecule has 2 aromatic heterocycles. The third kappa shape index (κ3) is 1.69. The van der Waals surface area contributed by atoms with E-state index in [0.717, 1.165) is 12.1 Å². The Labute approximate surface area is 104 Å². The molecule has 0 fully saturated rings. The number of carbonyl (C=O) groups excluding carboxylic acids is 1. The summed E-state index contributed by atoms with van der Waals surface area (Å²) in [6.07, 6.45) is 3.03. The zero-order valence-corrected chi connectivity index (χ0v) is 10.4. The maximum absolute atomic E-state index is 11.9. The number of ketones is 1. The molecule has 0 N–H and O–H groups in total. The lowest BCUT2D eigenvalue weighted by Gasteiger charge is -2.19. The lowest BCUT2D eigenvalue weighted by molar-refractivity contribution is 0.0951. The van der Waals surface area contributed by atoms with E-state index in [2.05, 4.69) is 22.0 Å². The first-order valence-corrected chi connectivity index (χ1v) is 5.94. The molecule has 0 radical (unpaired) electrons. The summed E-state index contributed by atoms with van der Waals surface area (Å²) in [6, 6.07) is 0. The zero-order chi connectivity index (χ0) is 12.7. The van der Waals surface area contributed by atoms with Gasteiger partial charge in [-0.15, -0.1) is 5.10 Å². The van der Waals surface area contributed by atoms with Crippen molar-refractivity contribution in [1.82, 2.24) is 19.6 Å². The zero-order valence-electron chi connectivity index (χ0n) is 10.4. The Balaban J connectivity index is 2.18. The summed E-state index contributed by atoms with van der Waals surface area (Å²) in [6.45, 7) is 2.42. The summed E-state index contributed by atoms with van der Waals surface area (Å²) in [5.74, 6) is 1.60. The minimum Gasteiger partial charge on any atom is -0.377 e. The van der Waals surface area contributed by atoms with Crippen LogP contribution in [-0.2, 0) is 17.8 Å². The third-order valence-corrected chi connectivity index (χ3v) is 3.16. The van der Waals surface area contributed by atoms with Crippen LogP contribution in [0.15, 0.2) is 6.20 Å². The van der Waals surface area contributed by atoms with Gasteiger partial charge in [0.05, 0.1) is 11.3 Å². The van der Waals surface area contributed by atoms with Gasteiger partial charge in [0.2, 0.25) is 0 Å². The largest absolute Gasteiger partial charge is 0.377 e. The van der Waals surface area contributed by atoms with Crippen LogP contribution in [0.2, 0.25) is 0 Å². The average Bonchev–Trinajstić information content (AvgIpc) is 2.72. The number of hydrogen-bond donors (Lipinski definition) is 0. The number of methoxy groups -OCH3 is 1. The number of fused-ring (bicyclic) bond motifs is 3. The van der Waals surface area contributed by atoms with E-state index in [-0.39, 0.29) is 5.78 Å². The van der Waals surface area contributed by atoms with Crippen LogP contribution in [0.25, 0.3) is 5.78 Å². The van der Waals surface area contributed by atoms with Gasteiger partial charge in [-0.25, -0.2) is 9.50 Å². The number of nitrogens with zero attached hydrogens (tertiary/aromatic N) is 4. The van der Waals surface area contributed by atoms with Crippen molar-refractivity contribution < 1.29 is 9.53 Å². The van der Waals surface area contributed by atoms with Crippen LogP contribution in [0.1, 0.15) is 35.2 Å². The number of aromatic nitrogens is 4. The topological polar surface area (TPSA) is 69.4 Å². The number of rotatable bonds is 2. The molecule has 3 rings (SSSR count). The lowest BCUT2D eigenvalue weighted by Crippen LogP contribution is -2.21. The van der Waals surface area contributed by atoms with Gasteiger partial charge in [-0.3, -0.25) is 4.79 Å². The summed E-state index contributed by atoms with van der Waals surface area (Å²) in [4.78, 5) is 20.4. The van der Waals surface area contributed by atoms with Crippen LogP contribution < -0.4 is 0 Å². The van der Waals surface area contributed by atoms with Gasteiger partial charge in [-0.2, -0.15) is 4.98 Å². The Kier molecular flexibility index (Phi) is 2.59. The van der Waals surface area contributed by atoms with Crippen molar-refractivity contribution in [3.05, 3.63) is 23.3 Å². The van der Waals surface area contributed by atoms with Gasteiger partial charge < -0.3 is 4.74 Å². The first-order chi connectivity index (χ1) is 8.69. The Morgan fingerprint density at radius 1 is 1.50 bits per heavy atom. The van der Waals surface area contributed by atoms with E-state index < -0.39 is 0 Å². The molecule has 18 heavy (non-hydrogen) atoms. The summed E-state index contributed by atoms with van der Waals surface area (Å²) >= 11 is 0. The van der Waals surface area contributed by atoms with Crippen molar-refractivity contribution in [3.8, 4) is 0 Å². The molecule has 1 unspecified atom stereocenters. The average molecular weight is 246 g/mol. The summed E-state index contributed by atoms with van der Waals surface area (Å²) in [5, 5.41) is 4.35. The molecule has 6 nitrogen and oxygen atoms in total. The SMILES string of the molecule is COCc1nc2ncc3c(n2n1)CC(C)CC3=O. The molecule has 0 spiro atoms. The van der Waals surface area contributed by atoms with Gasteiger partial charge in [0.15, 0.2) is 11.6 Å². The van der Waals surface area contributed by atoms with E-state index in [1.54, 1.807) is 17.8 Å². The van der Waals surface area contributed by atoms with Gasteiger partial charge in [0, 0.05) is 19.7 Å². The summed E-state index contributed by atoms with van der Waals surface area (Å²) < 4.78 is 6.69. The van der Waals surface area contributed by atoms with Crippen LogP contribution >= 0.6 is 0 Å². The molecule has 0 aliphatic heterocycles. The highest BCUT2D eigenvalue weighted by Crippen LogP contribution is 2.24. The van der Waals surface area contributed by atoms with Crippen LogP contribution in [0.5, 0.6) is 0 Å². The molecule has 2 aromatic rings. The van der Waals surface area contributed by atoms with Crippen molar-refractivity contribution >= 4 is 11.6 Å². The fourth-order valence-corrected chi connectivity index (χ4v) is 2.37. The normalized spacial score (nSPS) is 19.2. The first kappa shape index (κ1) is 11.3. The molecule has 1 atom stereocenters. The Hall–Kier alpha value is -1.82. The number of ether oxygens (including phenoxy) is 1. The van der Waals surface area contributed by atoms with Crippen molar-refractivity contribution in [2.45, 2.75) is 26.4 Å². The molecule has 1 aliphatic rings. The van der Waals surface area contributed by atoms with Gasteiger partial charge in [-0.1, -0.05) is 6.92 Å². The van der Waals surface area contributed by atoms with E-state index in [0.29, 0.717) is 36.1 Å². The molecule has 0 bridgehead atoms. The predicted molar refractivity (Wildman–Crippen MR) is 63.3 cm³/mol. The van der Waals surface area contributed by atoms with E-state index in [1.807, 2.05) is 0 Å². The molecule has 1 aliphatic carbocycles. The second-order valence-corrected chi connectivity index (χ2v) is 4.73. The van der Waals surface area contributed by atoms with Gasteiger partial charge in [0.1, 0.15) is 6.61 Å². The van der Waals surface area contributed by atoms with Crippen molar-refractivity contribution in [1.29, 1.82) is 0 Å². The number of carbonyl (C=O) groups is 1. The molecular formula is C12H14N4O2. The lowest BCUT2D eigenvalue weighted by atomic mass is 9.88. The van der Waals surface area contributed by atoms with E-state index >= 15 is 0 Å². The molecule has 2 heterocycles. The van der Waals surface area contributed by atoms with Gasteiger partial charge in [-0.05, 0) is 12.3 Å². The minimum atomic E-state index is 0.141. The molecule has 94 valence electrons. The fourth-order valence-electron chi connectivity index (χ4n) is 2.37. The molecule has 0 saturated heterocycles. The molecule has 6 heteroatoms. The Bertz CT molecular complexity index is 620. The van der Waals surface area contributed by atoms with Crippen LogP contribution in [-0.4, -0.2) is 32.5 Å². The van der Waals surface area contributed by atoms with E-state index in [4.69, 9.17) is 4.74 Å². The second-order valence-electron chi connectivity index (χ2n) is 4.73. The highest BCUT2D eigenvalue weighted by molar-refractivity contribution is 5.98. The molecular weight excluding hydrogens is 232 g/mol. The van der Waals surface area contributed by atoms with Gasteiger partial charge >= 0.3 is 0 Å².